The summed E-state index contributed by atoms with van der Waals surface area (Å²) in [7, 11) is 0. The number of rotatable bonds is 6. The Morgan fingerprint density at radius 1 is 0.492 bits per heavy atom. The van der Waals surface area contributed by atoms with E-state index in [0.29, 0.717) is 5.92 Å². The average Bonchev–Trinajstić information content (AvgIpc) is 3.65. The molecule has 9 aromatic rings. The van der Waals surface area contributed by atoms with Crippen molar-refractivity contribution >= 4 is 71.4 Å². The van der Waals surface area contributed by atoms with Gasteiger partial charge in [0.15, 0.2) is 0 Å². The third kappa shape index (κ3) is 5.85. The van der Waals surface area contributed by atoms with Gasteiger partial charge < -0.3 is 9.80 Å². The second-order valence-electron chi connectivity index (χ2n) is 16.9. The zero-order valence-corrected chi connectivity index (χ0v) is 34.1. The number of nitrogens with zero attached hydrogens (tertiary/aromatic N) is 2. The molecule has 0 amide bonds. The third-order valence-corrected chi connectivity index (χ3v) is 13.3. The lowest BCUT2D eigenvalue weighted by Gasteiger charge is -2.31. The average molecular weight is 781 g/mol. The van der Waals surface area contributed by atoms with E-state index in [9.17, 15) is 0 Å². The predicted molar refractivity (Wildman–Crippen MR) is 260 cm³/mol. The molecule has 0 spiro atoms. The Hall–Kier alpha value is -7.42. The van der Waals surface area contributed by atoms with Crippen LogP contribution >= 0.6 is 0 Å². The third-order valence-electron chi connectivity index (χ3n) is 13.3. The van der Waals surface area contributed by atoms with Crippen LogP contribution in [0.15, 0.2) is 230 Å². The van der Waals surface area contributed by atoms with Crippen molar-refractivity contribution in [3.63, 3.8) is 0 Å². The molecule has 0 aromatic heterocycles. The van der Waals surface area contributed by atoms with Crippen LogP contribution in [-0.4, -0.2) is 6.04 Å². The maximum absolute atomic E-state index is 2.61. The Morgan fingerprint density at radius 2 is 1.15 bits per heavy atom. The number of benzene rings is 9. The molecular formula is C59H44N2. The zero-order valence-electron chi connectivity index (χ0n) is 34.1. The fourth-order valence-electron chi connectivity index (χ4n) is 10.6. The SMILES string of the molecule is CC1C=C(c2cccc(N(c3ccc(-c4cccc5c4ccc4ccccc45)cc3)c3cccc4c3ccc3ccccc34)c2)C2=C(C1)N(c1ccccc1)C1C=CC=CC21. The molecule has 0 bridgehead atoms. The largest absolute Gasteiger partial charge is 0.337 e. The molecule has 0 N–H and O–H groups in total. The van der Waals surface area contributed by atoms with Crippen molar-refractivity contribution in [3.05, 3.63) is 235 Å². The van der Waals surface area contributed by atoms with Gasteiger partial charge in [-0.1, -0.05) is 183 Å². The van der Waals surface area contributed by atoms with E-state index in [1.807, 2.05) is 0 Å². The highest BCUT2D eigenvalue weighted by molar-refractivity contribution is 6.14. The van der Waals surface area contributed by atoms with Crippen molar-refractivity contribution in [1.82, 2.24) is 0 Å². The molecule has 61 heavy (non-hydrogen) atoms. The summed E-state index contributed by atoms with van der Waals surface area (Å²) in [5.41, 5.74) is 12.6. The van der Waals surface area contributed by atoms with Crippen molar-refractivity contribution < 1.29 is 0 Å². The minimum Gasteiger partial charge on any atom is -0.337 e. The van der Waals surface area contributed by atoms with Crippen molar-refractivity contribution in [2.75, 3.05) is 9.80 Å². The van der Waals surface area contributed by atoms with E-state index in [-0.39, 0.29) is 12.0 Å². The number of allylic oxidation sites excluding steroid dienone is 5. The predicted octanol–water partition coefficient (Wildman–Crippen LogP) is 15.7. The van der Waals surface area contributed by atoms with E-state index in [1.165, 1.54) is 82.3 Å². The van der Waals surface area contributed by atoms with Gasteiger partial charge in [0.1, 0.15) is 0 Å². The summed E-state index contributed by atoms with van der Waals surface area (Å²) >= 11 is 0. The summed E-state index contributed by atoms with van der Waals surface area (Å²) < 4.78 is 0. The van der Waals surface area contributed by atoms with E-state index in [4.69, 9.17) is 0 Å². The van der Waals surface area contributed by atoms with Gasteiger partial charge in [-0.3, -0.25) is 0 Å². The lowest BCUT2D eigenvalue weighted by atomic mass is 9.79. The van der Waals surface area contributed by atoms with Crippen molar-refractivity contribution in [3.8, 4) is 11.1 Å². The summed E-state index contributed by atoms with van der Waals surface area (Å²) in [5, 5.41) is 10.1. The minimum atomic E-state index is 0.259. The molecule has 3 unspecified atom stereocenters. The molecule has 0 saturated heterocycles. The van der Waals surface area contributed by atoms with Gasteiger partial charge in [-0.2, -0.15) is 0 Å². The molecule has 9 aromatic carbocycles. The first-order valence-electron chi connectivity index (χ1n) is 21.6. The lowest BCUT2D eigenvalue weighted by molar-refractivity contribution is 0.664. The highest BCUT2D eigenvalue weighted by Crippen LogP contribution is 2.51. The summed E-state index contributed by atoms with van der Waals surface area (Å²) in [4.78, 5) is 5.08. The number of fused-ring (bicyclic) bond motifs is 8. The highest BCUT2D eigenvalue weighted by atomic mass is 15.2. The van der Waals surface area contributed by atoms with Crippen LogP contribution in [0.2, 0.25) is 0 Å². The van der Waals surface area contributed by atoms with Crippen molar-refractivity contribution in [2.45, 2.75) is 19.4 Å². The van der Waals surface area contributed by atoms with Gasteiger partial charge in [-0.25, -0.2) is 0 Å². The van der Waals surface area contributed by atoms with Gasteiger partial charge >= 0.3 is 0 Å². The Bertz CT molecular complexity index is 3310. The van der Waals surface area contributed by atoms with E-state index in [1.54, 1.807) is 0 Å². The summed E-state index contributed by atoms with van der Waals surface area (Å²) in [5.74, 6) is 0.684. The first kappa shape index (κ1) is 35.5. The van der Waals surface area contributed by atoms with Crippen LogP contribution in [0.3, 0.4) is 0 Å². The quantitative estimate of drug-likeness (QED) is 0.155. The monoisotopic (exact) mass is 780 g/mol. The van der Waals surface area contributed by atoms with Crippen LogP contribution in [-0.2, 0) is 0 Å². The van der Waals surface area contributed by atoms with Crippen LogP contribution in [0.5, 0.6) is 0 Å². The van der Waals surface area contributed by atoms with E-state index in [2.05, 4.69) is 235 Å². The summed E-state index contributed by atoms with van der Waals surface area (Å²) in [6.07, 6.45) is 12.8. The maximum Gasteiger partial charge on any atom is 0.0626 e. The van der Waals surface area contributed by atoms with Crippen LogP contribution in [0, 0.1) is 11.8 Å². The van der Waals surface area contributed by atoms with Gasteiger partial charge in [0.25, 0.3) is 0 Å². The lowest BCUT2D eigenvalue weighted by Crippen LogP contribution is -2.33. The van der Waals surface area contributed by atoms with Gasteiger partial charge in [-0.15, -0.1) is 0 Å². The Labute approximate surface area is 357 Å². The Kier molecular flexibility index (Phi) is 8.38. The van der Waals surface area contributed by atoms with E-state index in [0.717, 1.165) is 23.5 Å². The number of anilines is 4. The summed E-state index contributed by atoms with van der Waals surface area (Å²) in [6, 6.07) is 69.8. The second kappa shape index (κ2) is 14.4. The molecule has 3 aliphatic rings. The number of hydrogen-bond acceptors (Lipinski definition) is 2. The standard InChI is InChI=1S/C59H44N2/c1-39-36-55(59-54-22-9-10-26-57(54)61(58(59)37-39)44-17-3-2-4-18-44)43-16-11-19-46(38-43)60(56-27-13-25-51-48-21-8-6-15-41(48)31-35-53(51)56)45-32-28-42(29-33-45)49-23-12-24-50-47-20-7-5-14-40(47)30-34-52(49)50/h2-36,38-39,54,57H,37H2,1H3. The summed E-state index contributed by atoms with van der Waals surface area (Å²) in [6.45, 7) is 2.37. The van der Waals surface area contributed by atoms with Gasteiger partial charge in [0, 0.05) is 34.1 Å². The molecule has 0 fully saturated rings. The topological polar surface area (TPSA) is 6.48 Å². The Balaban J connectivity index is 1.02. The molecule has 1 aliphatic heterocycles. The van der Waals surface area contributed by atoms with Crippen molar-refractivity contribution in [2.24, 2.45) is 11.8 Å². The Morgan fingerprint density at radius 3 is 1.93 bits per heavy atom. The van der Waals surface area contributed by atoms with E-state index >= 15 is 0 Å². The molecule has 3 atom stereocenters. The first-order valence-corrected chi connectivity index (χ1v) is 21.6. The first-order chi connectivity index (χ1) is 30.2. The van der Waals surface area contributed by atoms with Crippen LogP contribution in [0.4, 0.5) is 22.7 Å². The smallest absolute Gasteiger partial charge is 0.0626 e. The number of hydrogen-bond donors (Lipinski definition) is 0. The molecular weight excluding hydrogens is 737 g/mol. The number of para-hydroxylation sites is 1. The second-order valence-corrected chi connectivity index (χ2v) is 16.9. The van der Waals surface area contributed by atoms with Crippen LogP contribution < -0.4 is 9.80 Å². The van der Waals surface area contributed by atoms with Gasteiger partial charge in [0.2, 0.25) is 0 Å². The molecule has 1 heterocycles. The van der Waals surface area contributed by atoms with Crippen LogP contribution in [0.1, 0.15) is 18.9 Å². The highest BCUT2D eigenvalue weighted by Gasteiger charge is 2.42. The fourth-order valence-corrected chi connectivity index (χ4v) is 10.6. The van der Waals surface area contributed by atoms with Crippen molar-refractivity contribution in [1.29, 1.82) is 0 Å². The van der Waals surface area contributed by atoms with Crippen LogP contribution in [0.25, 0.3) is 59.8 Å². The normalized spacial score (nSPS) is 18.2. The molecule has 290 valence electrons. The van der Waals surface area contributed by atoms with Gasteiger partial charge in [-0.05, 0) is 120 Å². The van der Waals surface area contributed by atoms with E-state index < -0.39 is 0 Å². The molecule has 0 radical (unpaired) electrons. The molecule has 12 rings (SSSR count). The maximum atomic E-state index is 2.61. The van der Waals surface area contributed by atoms with Gasteiger partial charge in [0.05, 0.1) is 11.7 Å². The molecule has 2 nitrogen and oxygen atoms in total. The molecule has 0 saturated carbocycles. The zero-order chi connectivity index (χ0) is 40.4. The molecule has 2 aliphatic carbocycles. The fraction of sp³-hybridized carbons (Fsp3) is 0.0847. The molecule has 2 heteroatoms. The minimum absolute atomic E-state index is 0.259.